The summed E-state index contributed by atoms with van der Waals surface area (Å²) in [6.45, 7) is 3.91. The minimum Gasteiger partial charge on any atom is -0.479 e. The van der Waals surface area contributed by atoms with Gasteiger partial charge in [0, 0.05) is 29.6 Å². The zero-order valence-electron chi connectivity index (χ0n) is 25.0. The number of carbonyl (C=O) groups is 1. The maximum Gasteiger partial charge on any atom is 0.344 e. The van der Waals surface area contributed by atoms with E-state index in [0.29, 0.717) is 5.75 Å². The van der Waals surface area contributed by atoms with Crippen molar-refractivity contribution in [1.82, 2.24) is 4.31 Å². The van der Waals surface area contributed by atoms with E-state index in [9.17, 15) is 13.2 Å². The highest BCUT2D eigenvalue weighted by Gasteiger charge is 2.21. The summed E-state index contributed by atoms with van der Waals surface area (Å²) in [5.41, 5.74) is 5.45. The van der Waals surface area contributed by atoms with Crippen LogP contribution in [-0.4, -0.2) is 29.9 Å². The van der Waals surface area contributed by atoms with E-state index in [4.69, 9.17) is 9.84 Å². The average molecular weight is 608 g/mol. The van der Waals surface area contributed by atoms with Crippen LogP contribution in [0.15, 0.2) is 109 Å². The summed E-state index contributed by atoms with van der Waals surface area (Å²) in [5, 5.41) is 10.3. The molecule has 0 saturated heterocycles. The first-order chi connectivity index (χ1) is 21.2. The van der Waals surface area contributed by atoms with Gasteiger partial charge in [-0.05, 0) is 84.5 Å². The molecule has 0 amide bonds. The van der Waals surface area contributed by atoms with Crippen LogP contribution < -0.4 is 4.74 Å². The lowest BCUT2D eigenvalue weighted by Gasteiger charge is -2.21. The first-order valence-electron chi connectivity index (χ1n) is 14.6. The molecule has 0 aliphatic rings. The lowest BCUT2D eigenvalue weighted by atomic mass is 10.1. The Bertz CT molecular complexity index is 1700. The molecule has 4 rings (SSSR count). The Kier molecular flexibility index (Phi) is 11.5. The molecular weight excluding hydrogens is 570 g/mol. The number of aliphatic carboxylic acids is 1. The van der Waals surface area contributed by atoms with Crippen molar-refractivity contribution in [3.05, 3.63) is 142 Å². The molecule has 4 aromatic carbocycles. The number of hydrogen-bond acceptors (Lipinski definition) is 4. The number of carboxylic acids is 1. The SMILES string of the molecule is CCCCc1ccc(C#Cc2ccc(CN(Cc3ccc(OC(C)C(=O)O)cc3)S(=O)(=O)/C=C/c3ccccc3)cc2)cc1. The summed E-state index contributed by atoms with van der Waals surface area (Å²) in [7, 11) is -3.81. The molecule has 1 N–H and O–H groups in total. The lowest BCUT2D eigenvalue weighted by Crippen LogP contribution is -2.28. The van der Waals surface area contributed by atoms with Crippen molar-refractivity contribution >= 4 is 22.1 Å². The van der Waals surface area contributed by atoms with Crippen molar-refractivity contribution in [2.75, 3.05) is 0 Å². The van der Waals surface area contributed by atoms with Crippen LogP contribution in [-0.2, 0) is 34.3 Å². The minimum absolute atomic E-state index is 0.117. The van der Waals surface area contributed by atoms with Crippen LogP contribution in [0.2, 0.25) is 0 Å². The summed E-state index contributed by atoms with van der Waals surface area (Å²) in [6.07, 6.45) is 4.01. The number of aryl methyl sites for hydroxylation is 1. The van der Waals surface area contributed by atoms with Gasteiger partial charge in [0.25, 0.3) is 0 Å². The molecule has 0 aliphatic heterocycles. The number of nitrogens with zero attached hydrogens (tertiary/aromatic N) is 1. The molecule has 0 aliphatic carbocycles. The van der Waals surface area contributed by atoms with Gasteiger partial charge in [-0.3, -0.25) is 0 Å². The Hall–Kier alpha value is -4.64. The zero-order chi connectivity index (χ0) is 31.4. The molecule has 0 radical (unpaired) electrons. The van der Waals surface area contributed by atoms with E-state index in [0.717, 1.165) is 34.2 Å². The molecule has 0 spiro atoms. The number of ether oxygens (including phenoxy) is 1. The van der Waals surface area contributed by atoms with Gasteiger partial charge in [0.1, 0.15) is 5.75 Å². The quantitative estimate of drug-likeness (QED) is 0.162. The molecule has 0 fully saturated rings. The summed E-state index contributed by atoms with van der Waals surface area (Å²) in [4.78, 5) is 11.1. The fourth-order valence-corrected chi connectivity index (χ4v) is 5.52. The Balaban J connectivity index is 1.50. The normalized spacial score (nSPS) is 12.1. The van der Waals surface area contributed by atoms with E-state index in [2.05, 4.69) is 30.9 Å². The Morgan fingerprint density at radius 2 is 1.34 bits per heavy atom. The number of hydrogen-bond donors (Lipinski definition) is 1. The molecule has 1 atom stereocenters. The standard InChI is InChI=1S/C37H37NO5S/c1-3-4-8-31-11-13-32(14-12-31)15-16-33-17-19-34(20-18-33)27-38(44(41,42)26-25-30-9-6-5-7-10-30)28-35-21-23-36(24-22-35)43-29(2)37(39)40/h5-7,9-14,17-26,29H,3-4,8,27-28H2,1-2H3,(H,39,40)/b26-25+. The third-order valence-corrected chi connectivity index (χ3v) is 8.43. The number of rotatable bonds is 13. The third-order valence-electron chi connectivity index (χ3n) is 6.97. The lowest BCUT2D eigenvalue weighted by molar-refractivity contribution is -0.144. The van der Waals surface area contributed by atoms with E-state index in [1.165, 1.54) is 35.0 Å². The Morgan fingerprint density at radius 1 is 0.818 bits per heavy atom. The second-order valence-electron chi connectivity index (χ2n) is 10.5. The van der Waals surface area contributed by atoms with Crippen molar-refractivity contribution in [2.45, 2.75) is 52.3 Å². The van der Waals surface area contributed by atoms with Crippen molar-refractivity contribution in [1.29, 1.82) is 0 Å². The maximum atomic E-state index is 13.5. The van der Waals surface area contributed by atoms with Gasteiger partial charge in [0.15, 0.2) is 6.10 Å². The first-order valence-corrected chi connectivity index (χ1v) is 16.1. The summed E-state index contributed by atoms with van der Waals surface area (Å²) in [6, 6.07) is 32.0. The van der Waals surface area contributed by atoms with Crippen LogP contribution in [0.25, 0.3) is 6.08 Å². The molecule has 0 saturated carbocycles. The maximum absolute atomic E-state index is 13.5. The number of sulfonamides is 1. The van der Waals surface area contributed by atoms with Crippen LogP contribution in [0.3, 0.4) is 0 Å². The molecular formula is C37H37NO5S. The largest absolute Gasteiger partial charge is 0.479 e. The highest BCUT2D eigenvalue weighted by atomic mass is 32.2. The van der Waals surface area contributed by atoms with Crippen LogP contribution >= 0.6 is 0 Å². The second kappa shape index (κ2) is 15.7. The zero-order valence-corrected chi connectivity index (χ0v) is 25.8. The molecule has 1 unspecified atom stereocenters. The monoisotopic (exact) mass is 607 g/mol. The summed E-state index contributed by atoms with van der Waals surface area (Å²) in [5.74, 6) is 5.73. The molecule has 226 valence electrons. The summed E-state index contributed by atoms with van der Waals surface area (Å²) >= 11 is 0. The number of benzene rings is 4. The van der Waals surface area contributed by atoms with Gasteiger partial charge in [-0.1, -0.05) is 91.9 Å². The Labute approximate surface area is 260 Å². The topological polar surface area (TPSA) is 83.9 Å². The van der Waals surface area contributed by atoms with Crippen LogP contribution in [0, 0.1) is 11.8 Å². The van der Waals surface area contributed by atoms with Crippen molar-refractivity contribution < 1.29 is 23.1 Å². The molecule has 4 aromatic rings. The number of unbranched alkanes of at least 4 members (excludes halogenated alkanes) is 1. The molecule has 0 aromatic heterocycles. The predicted molar refractivity (Wildman–Crippen MR) is 175 cm³/mol. The average Bonchev–Trinajstić information content (AvgIpc) is 3.04. The van der Waals surface area contributed by atoms with E-state index in [1.54, 1.807) is 30.3 Å². The van der Waals surface area contributed by atoms with Gasteiger partial charge >= 0.3 is 5.97 Å². The van der Waals surface area contributed by atoms with Gasteiger partial charge < -0.3 is 9.84 Å². The van der Waals surface area contributed by atoms with Crippen LogP contribution in [0.5, 0.6) is 5.75 Å². The highest BCUT2D eigenvalue weighted by molar-refractivity contribution is 7.92. The summed E-state index contributed by atoms with van der Waals surface area (Å²) < 4.78 is 33.9. The van der Waals surface area contributed by atoms with Gasteiger partial charge in [-0.25, -0.2) is 13.2 Å². The molecule has 0 heterocycles. The van der Waals surface area contributed by atoms with E-state index >= 15 is 0 Å². The van der Waals surface area contributed by atoms with Gasteiger partial charge in [0.2, 0.25) is 10.0 Å². The highest BCUT2D eigenvalue weighted by Crippen LogP contribution is 2.20. The van der Waals surface area contributed by atoms with E-state index in [1.807, 2.05) is 66.7 Å². The fraction of sp³-hybridized carbons (Fsp3) is 0.216. The van der Waals surface area contributed by atoms with Crippen molar-refractivity contribution in [3.8, 4) is 17.6 Å². The molecule has 6 nitrogen and oxygen atoms in total. The van der Waals surface area contributed by atoms with E-state index < -0.39 is 22.1 Å². The van der Waals surface area contributed by atoms with Gasteiger partial charge in [-0.15, -0.1) is 0 Å². The van der Waals surface area contributed by atoms with Gasteiger partial charge in [-0.2, -0.15) is 4.31 Å². The van der Waals surface area contributed by atoms with Crippen molar-refractivity contribution in [2.24, 2.45) is 0 Å². The third kappa shape index (κ3) is 9.98. The second-order valence-corrected chi connectivity index (χ2v) is 12.3. The smallest absolute Gasteiger partial charge is 0.344 e. The van der Waals surface area contributed by atoms with Crippen LogP contribution in [0.4, 0.5) is 0 Å². The fourth-order valence-electron chi connectivity index (χ4n) is 4.36. The van der Waals surface area contributed by atoms with Gasteiger partial charge in [0.05, 0.1) is 0 Å². The minimum atomic E-state index is -3.81. The molecule has 0 bridgehead atoms. The van der Waals surface area contributed by atoms with Crippen molar-refractivity contribution in [3.63, 3.8) is 0 Å². The number of carboxylic acid groups (broad SMARTS) is 1. The molecule has 7 heteroatoms. The van der Waals surface area contributed by atoms with Crippen LogP contribution in [0.1, 0.15) is 60.1 Å². The van der Waals surface area contributed by atoms with E-state index in [-0.39, 0.29) is 13.1 Å². The first kappa shape index (κ1) is 32.3. The Morgan fingerprint density at radius 3 is 1.86 bits per heavy atom. The molecule has 44 heavy (non-hydrogen) atoms. The predicted octanol–water partition coefficient (Wildman–Crippen LogP) is 7.28.